The van der Waals surface area contributed by atoms with Gasteiger partial charge in [0.15, 0.2) is 0 Å². The highest BCUT2D eigenvalue weighted by atomic mass is 19.1. The number of anilines is 4. The fraction of sp³-hybridized carbons (Fsp3) is 0.333. The topological polar surface area (TPSA) is 117 Å². The minimum atomic E-state index is -0.602. The van der Waals surface area contributed by atoms with Crippen molar-refractivity contribution in [3.05, 3.63) is 64.6 Å². The molecule has 2 heterocycles. The summed E-state index contributed by atoms with van der Waals surface area (Å²) in [6, 6.07) is 8.15. The molecule has 3 aromatic rings. The number of benzene rings is 2. The standard InChI is InChI=1S/C27H30FN5O5/c1-16-7-5-8-17(2)24(16)33-14-19-13-29-26(30-21-11-18(15-34)20(28)12-22(21)37-3)31-25(19)32(27(33)36)10-6-9-23(35)38-4/h5,7-8,11-13,34H,6,9-10,14-15H2,1-4H3,(H,29,30,31). The average molecular weight is 524 g/mol. The molecule has 0 fully saturated rings. The highest BCUT2D eigenvalue weighted by Gasteiger charge is 2.34. The van der Waals surface area contributed by atoms with Crippen LogP contribution in [0, 0.1) is 19.7 Å². The van der Waals surface area contributed by atoms with Gasteiger partial charge >= 0.3 is 12.0 Å². The minimum absolute atomic E-state index is 0.0788. The highest BCUT2D eigenvalue weighted by molar-refractivity contribution is 6.06. The lowest BCUT2D eigenvalue weighted by Crippen LogP contribution is -2.49. The van der Waals surface area contributed by atoms with Crippen LogP contribution in [-0.4, -0.2) is 47.8 Å². The van der Waals surface area contributed by atoms with E-state index in [4.69, 9.17) is 9.47 Å². The Balaban J connectivity index is 1.72. The van der Waals surface area contributed by atoms with Crippen LogP contribution in [-0.2, 0) is 22.7 Å². The molecule has 0 spiro atoms. The van der Waals surface area contributed by atoms with Crippen LogP contribution in [0.15, 0.2) is 36.5 Å². The number of fused-ring (bicyclic) bond motifs is 1. The fourth-order valence-electron chi connectivity index (χ4n) is 4.48. The van der Waals surface area contributed by atoms with Gasteiger partial charge in [-0.3, -0.25) is 14.6 Å². The minimum Gasteiger partial charge on any atom is -0.494 e. The maximum Gasteiger partial charge on any atom is 0.330 e. The summed E-state index contributed by atoms with van der Waals surface area (Å²) in [5.41, 5.74) is 3.88. The Kier molecular flexibility index (Phi) is 8.06. The molecule has 0 saturated carbocycles. The summed E-state index contributed by atoms with van der Waals surface area (Å²) in [6.45, 7) is 3.90. The second-order valence-electron chi connectivity index (χ2n) is 8.91. The first-order valence-electron chi connectivity index (χ1n) is 12.1. The Labute approximate surface area is 220 Å². The molecular formula is C27H30FN5O5. The molecule has 0 unspecified atom stereocenters. The third-order valence-electron chi connectivity index (χ3n) is 6.37. The number of amides is 2. The summed E-state index contributed by atoms with van der Waals surface area (Å²) < 4.78 is 24.1. The van der Waals surface area contributed by atoms with Crippen LogP contribution in [0.2, 0.25) is 0 Å². The molecule has 0 atom stereocenters. The molecule has 2 N–H and O–H groups in total. The van der Waals surface area contributed by atoms with E-state index in [9.17, 15) is 19.1 Å². The van der Waals surface area contributed by atoms with Gasteiger partial charge in [0, 0.05) is 36.4 Å². The Morgan fingerprint density at radius 3 is 2.61 bits per heavy atom. The second-order valence-corrected chi connectivity index (χ2v) is 8.91. The molecule has 2 amide bonds. The molecule has 0 radical (unpaired) electrons. The zero-order valence-electron chi connectivity index (χ0n) is 21.7. The number of urea groups is 1. The summed E-state index contributed by atoms with van der Waals surface area (Å²) in [6.07, 6.45) is 2.15. The predicted octanol–water partition coefficient (Wildman–Crippen LogP) is 4.38. The van der Waals surface area contributed by atoms with Gasteiger partial charge in [-0.2, -0.15) is 4.98 Å². The number of nitrogens with one attached hydrogen (secondary N) is 1. The van der Waals surface area contributed by atoms with Gasteiger partial charge in [-0.1, -0.05) is 18.2 Å². The molecule has 4 rings (SSSR count). The number of aryl methyl sites for hydroxylation is 2. The van der Waals surface area contributed by atoms with Gasteiger partial charge in [0.25, 0.3) is 0 Å². The van der Waals surface area contributed by atoms with Crippen molar-refractivity contribution in [2.45, 2.75) is 39.8 Å². The lowest BCUT2D eigenvalue weighted by atomic mass is 10.1. The Bertz CT molecular complexity index is 1350. The van der Waals surface area contributed by atoms with E-state index < -0.39 is 12.4 Å². The molecule has 1 aliphatic rings. The number of rotatable bonds is 9. The van der Waals surface area contributed by atoms with Gasteiger partial charge in [-0.15, -0.1) is 0 Å². The summed E-state index contributed by atoms with van der Waals surface area (Å²) in [5, 5.41) is 12.5. The SMILES string of the molecule is COC(=O)CCCN1C(=O)N(c2c(C)cccc2C)Cc2cnc(Nc3cc(CO)c(F)cc3OC)nc21. The number of hydrogen-bond donors (Lipinski definition) is 2. The first kappa shape index (κ1) is 26.8. The summed E-state index contributed by atoms with van der Waals surface area (Å²) in [4.78, 5) is 37.8. The molecular weight excluding hydrogens is 493 g/mol. The van der Waals surface area contributed by atoms with Crippen LogP contribution in [0.5, 0.6) is 5.75 Å². The van der Waals surface area contributed by atoms with E-state index in [0.29, 0.717) is 17.9 Å². The first-order chi connectivity index (χ1) is 18.3. The third kappa shape index (κ3) is 5.37. The number of esters is 1. The van der Waals surface area contributed by atoms with Crippen molar-refractivity contribution in [1.29, 1.82) is 0 Å². The van der Waals surface area contributed by atoms with Gasteiger partial charge < -0.3 is 19.9 Å². The van der Waals surface area contributed by atoms with Crippen LogP contribution < -0.4 is 19.9 Å². The third-order valence-corrected chi connectivity index (χ3v) is 6.37. The number of aromatic nitrogens is 2. The van der Waals surface area contributed by atoms with E-state index in [2.05, 4.69) is 15.3 Å². The van der Waals surface area contributed by atoms with Crippen LogP contribution in [0.4, 0.5) is 32.3 Å². The Morgan fingerprint density at radius 1 is 1.21 bits per heavy atom. The van der Waals surface area contributed by atoms with E-state index in [-0.39, 0.29) is 48.8 Å². The number of para-hydroxylation sites is 1. The molecule has 0 aliphatic carbocycles. The molecule has 2 aromatic carbocycles. The van der Waals surface area contributed by atoms with Crippen LogP contribution in [0.3, 0.4) is 0 Å². The lowest BCUT2D eigenvalue weighted by Gasteiger charge is -2.37. The number of ether oxygens (including phenoxy) is 2. The molecule has 0 saturated heterocycles. The number of hydrogen-bond acceptors (Lipinski definition) is 8. The van der Waals surface area contributed by atoms with Crippen molar-refractivity contribution in [2.75, 3.05) is 35.9 Å². The van der Waals surface area contributed by atoms with Crippen molar-refractivity contribution < 1.29 is 28.6 Å². The fourth-order valence-corrected chi connectivity index (χ4v) is 4.48. The van der Waals surface area contributed by atoms with Crippen LogP contribution >= 0.6 is 0 Å². The van der Waals surface area contributed by atoms with Crippen molar-refractivity contribution in [1.82, 2.24) is 9.97 Å². The quantitative estimate of drug-likeness (QED) is 0.397. The van der Waals surface area contributed by atoms with Gasteiger partial charge in [-0.05, 0) is 37.5 Å². The smallest absolute Gasteiger partial charge is 0.330 e. The molecule has 11 heteroatoms. The summed E-state index contributed by atoms with van der Waals surface area (Å²) in [7, 11) is 2.72. The van der Waals surface area contributed by atoms with Crippen molar-refractivity contribution >= 4 is 35.1 Å². The maximum absolute atomic E-state index is 14.1. The van der Waals surface area contributed by atoms with Crippen LogP contribution in [0.1, 0.15) is 35.1 Å². The molecule has 0 bridgehead atoms. The molecule has 1 aliphatic heterocycles. The van der Waals surface area contributed by atoms with Crippen molar-refractivity contribution in [2.24, 2.45) is 0 Å². The van der Waals surface area contributed by atoms with E-state index in [1.807, 2.05) is 32.0 Å². The zero-order valence-corrected chi connectivity index (χ0v) is 21.7. The Morgan fingerprint density at radius 2 is 1.95 bits per heavy atom. The molecule has 200 valence electrons. The Hall–Kier alpha value is -4.25. The molecule has 10 nitrogen and oxygen atoms in total. The number of carbonyl (C=O) groups is 2. The first-order valence-corrected chi connectivity index (χ1v) is 12.1. The number of aliphatic hydroxyl groups excluding tert-OH is 1. The monoisotopic (exact) mass is 523 g/mol. The highest BCUT2D eigenvalue weighted by Crippen LogP contribution is 2.35. The number of carbonyl (C=O) groups excluding carboxylic acids is 2. The average Bonchev–Trinajstić information content (AvgIpc) is 2.90. The van der Waals surface area contributed by atoms with Gasteiger partial charge in [-0.25, -0.2) is 14.2 Å². The predicted molar refractivity (Wildman–Crippen MR) is 140 cm³/mol. The van der Waals surface area contributed by atoms with Crippen molar-refractivity contribution in [3.63, 3.8) is 0 Å². The van der Waals surface area contributed by atoms with E-state index in [1.165, 1.54) is 25.2 Å². The second kappa shape index (κ2) is 11.4. The van der Waals surface area contributed by atoms with Gasteiger partial charge in [0.2, 0.25) is 5.95 Å². The number of nitrogens with zero attached hydrogens (tertiary/aromatic N) is 4. The van der Waals surface area contributed by atoms with Gasteiger partial charge in [0.05, 0.1) is 38.7 Å². The zero-order chi connectivity index (χ0) is 27.4. The number of halogens is 1. The van der Waals surface area contributed by atoms with E-state index >= 15 is 0 Å². The summed E-state index contributed by atoms with van der Waals surface area (Å²) in [5.74, 6) is -0.204. The van der Waals surface area contributed by atoms with Crippen LogP contribution in [0.25, 0.3) is 0 Å². The number of aliphatic hydroxyl groups is 1. The van der Waals surface area contributed by atoms with Gasteiger partial charge in [0.1, 0.15) is 17.4 Å². The normalized spacial score (nSPS) is 12.8. The molecule has 1 aromatic heterocycles. The number of methoxy groups -OCH3 is 2. The van der Waals surface area contributed by atoms with E-state index in [1.54, 1.807) is 11.1 Å². The van der Waals surface area contributed by atoms with E-state index in [0.717, 1.165) is 28.4 Å². The summed E-state index contributed by atoms with van der Waals surface area (Å²) >= 11 is 0. The largest absolute Gasteiger partial charge is 0.494 e. The molecule has 38 heavy (non-hydrogen) atoms. The maximum atomic E-state index is 14.1. The lowest BCUT2D eigenvalue weighted by molar-refractivity contribution is -0.140. The van der Waals surface area contributed by atoms with Crippen molar-refractivity contribution in [3.8, 4) is 5.75 Å².